The molecule has 0 radical (unpaired) electrons. The summed E-state index contributed by atoms with van der Waals surface area (Å²) in [6.45, 7) is 0. The molecule has 5 rings (SSSR count). The Hall–Kier alpha value is -5.44. The van der Waals surface area contributed by atoms with E-state index in [4.69, 9.17) is 0 Å². The van der Waals surface area contributed by atoms with E-state index in [-0.39, 0.29) is 34.0 Å². The zero-order valence-electron chi connectivity index (χ0n) is 19.8. The second-order valence-corrected chi connectivity index (χ2v) is 8.63. The Morgan fingerprint density at radius 2 is 1.37 bits per heavy atom. The Kier molecular flexibility index (Phi) is 6.32. The summed E-state index contributed by atoms with van der Waals surface area (Å²) in [5.74, 6) is -0.875. The number of non-ortho nitro benzene ring substituents is 1. The number of para-hydroxylation sites is 1. The minimum atomic E-state index is -0.610. The van der Waals surface area contributed by atoms with Gasteiger partial charge >= 0.3 is 0 Å². The van der Waals surface area contributed by atoms with Crippen LogP contribution in [0.25, 0.3) is 5.52 Å². The van der Waals surface area contributed by atoms with Crippen LogP contribution in [0.4, 0.5) is 11.4 Å². The van der Waals surface area contributed by atoms with Gasteiger partial charge in [-0.25, -0.2) is 0 Å². The van der Waals surface area contributed by atoms with Gasteiger partial charge in [0.05, 0.1) is 21.1 Å². The first kappa shape index (κ1) is 24.3. The fourth-order valence-corrected chi connectivity index (χ4v) is 4.39. The van der Waals surface area contributed by atoms with E-state index in [1.165, 1.54) is 36.4 Å². The first-order valence-electron chi connectivity index (χ1n) is 11.6. The standard InChI is InChI=1S/C29H19N3O6/c33-28(21-6-2-1-3-7-21)24-18-27(29(34)23-8-4-5-9-25(23)32(37)38)30-15-14-20(17-26(24)30)16-19-10-12-22(13-11-19)31(35)36/h1-15,17-18H,16H2. The number of nitrogens with zero attached hydrogens (tertiary/aromatic N) is 3. The fraction of sp³-hybridized carbons (Fsp3) is 0.0345. The summed E-state index contributed by atoms with van der Waals surface area (Å²) in [6.07, 6.45) is 2.09. The number of nitro groups is 2. The van der Waals surface area contributed by atoms with E-state index in [0.717, 1.165) is 11.1 Å². The van der Waals surface area contributed by atoms with Crippen molar-refractivity contribution in [2.24, 2.45) is 0 Å². The molecule has 186 valence electrons. The molecule has 2 heterocycles. The number of carbonyl (C=O) groups is 2. The molecular formula is C29H19N3O6. The molecule has 0 unspecified atom stereocenters. The lowest BCUT2D eigenvalue weighted by Gasteiger charge is -2.07. The summed E-state index contributed by atoms with van der Waals surface area (Å²) < 4.78 is 1.56. The zero-order chi connectivity index (χ0) is 26.8. The number of hydrogen-bond acceptors (Lipinski definition) is 6. The van der Waals surface area contributed by atoms with Crippen LogP contribution in [-0.2, 0) is 6.42 Å². The molecular weight excluding hydrogens is 486 g/mol. The van der Waals surface area contributed by atoms with Crippen LogP contribution in [0.5, 0.6) is 0 Å². The van der Waals surface area contributed by atoms with Gasteiger partial charge < -0.3 is 4.40 Å². The van der Waals surface area contributed by atoms with Gasteiger partial charge in [0.15, 0.2) is 5.78 Å². The molecule has 0 atom stereocenters. The Morgan fingerprint density at radius 3 is 2.05 bits per heavy atom. The van der Waals surface area contributed by atoms with E-state index in [0.29, 0.717) is 17.5 Å². The van der Waals surface area contributed by atoms with E-state index >= 15 is 0 Å². The summed E-state index contributed by atoms with van der Waals surface area (Å²) in [5.41, 5.74) is 2.55. The summed E-state index contributed by atoms with van der Waals surface area (Å²) in [4.78, 5) is 48.4. The Balaban J connectivity index is 1.62. The average Bonchev–Trinajstić information content (AvgIpc) is 3.31. The molecule has 0 saturated carbocycles. The Morgan fingerprint density at radius 1 is 0.684 bits per heavy atom. The lowest BCUT2D eigenvalue weighted by atomic mass is 10.0. The average molecular weight is 505 g/mol. The second-order valence-electron chi connectivity index (χ2n) is 8.63. The van der Waals surface area contributed by atoms with Crippen LogP contribution in [0.15, 0.2) is 103 Å². The van der Waals surface area contributed by atoms with Crippen LogP contribution in [0, 0.1) is 20.2 Å². The predicted molar refractivity (Wildman–Crippen MR) is 140 cm³/mol. The van der Waals surface area contributed by atoms with E-state index in [9.17, 15) is 29.8 Å². The number of benzene rings is 3. The smallest absolute Gasteiger partial charge is 0.280 e. The highest BCUT2D eigenvalue weighted by atomic mass is 16.6. The molecule has 0 amide bonds. The maximum Gasteiger partial charge on any atom is 0.280 e. The maximum absolute atomic E-state index is 13.5. The van der Waals surface area contributed by atoms with Crippen LogP contribution in [-0.4, -0.2) is 25.8 Å². The third kappa shape index (κ3) is 4.56. The van der Waals surface area contributed by atoms with E-state index in [2.05, 4.69) is 0 Å². The van der Waals surface area contributed by atoms with Crippen molar-refractivity contribution in [3.63, 3.8) is 0 Å². The fourth-order valence-electron chi connectivity index (χ4n) is 4.39. The van der Waals surface area contributed by atoms with Crippen LogP contribution in [0.1, 0.15) is 43.1 Å². The number of fused-ring (bicyclic) bond motifs is 1. The van der Waals surface area contributed by atoms with Gasteiger partial charge in [0.1, 0.15) is 5.56 Å². The van der Waals surface area contributed by atoms with Crippen molar-refractivity contribution in [3.8, 4) is 0 Å². The number of nitro benzene ring substituents is 2. The van der Waals surface area contributed by atoms with Gasteiger partial charge in [-0.3, -0.25) is 29.8 Å². The van der Waals surface area contributed by atoms with Gasteiger partial charge in [-0.2, -0.15) is 0 Å². The molecule has 5 aromatic rings. The molecule has 9 heteroatoms. The molecule has 0 aliphatic rings. The monoisotopic (exact) mass is 505 g/mol. The molecule has 0 spiro atoms. The molecule has 0 aliphatic carbocycles. The number of aromatic nitrogens is 1. The van der Waals surface area contributed by atoms with Gasteiger partial charge in [0.25, 0.3) is 11.4 Å². The highest BCUT2D eigenvalue weighted by molar-refractivity contribution is 6.17. The topological polar surface area (TPSA) is 125 Å². The lowest BCUT2D eigenvalue weighted by Crippen LogP contribution is -2.08. The van der Waals surface area contributed by atoms with Crippen LogP contribution >= 0.6 is 0 Å². The normalized spacial score (nSPS) is 10.8. The van der Waals surface area contributed by atoms with Crippen molar-refractivity contribution >= 4 is 28.5 Å². The molecule has 0 saturated heterocycles. The molecule has 0 bridgehead atoms. The molecule has 9 nitrogen and oxygen atoms in total. The summed E-state index contributed by atoms with van der Waals surface area (Å²) in [5, 5.41) is 22.5. The number of carbonyl (C=O) groups excluding carboxylic acids is 2. The Labute approximate surface area is 215 Å². The van der Waals surface area contributed by atoms with E-state index in [1.807, 2.05) is 0 Å². The third-order valence-electron chi connectivity index (χ3n) is 6.25. The summed E-state index contributed by atoms with van der Waals surface area (Å²) in [7, 11) is 0. The molecule has 0 fully saturated rings. The highest BCUT2D eigenvalue weighted by Crippen LogP contribution is 2.27. The van der Waals surface area contributed by atoms with Crippen molar-refractivity contribution < 1.29 is 19.4 Å². The number of rotatable bonds is 8. The van der Waals surface area contributed by atoms with Gasteiger partial charge in [-0.05, 0) is 41.8 Å². The van der Waals surface area contributed by atoms with Crippen molar-refractivity contribution in [2.45, 2.75) is 6.42 Å². The first-order valence-corrected chi connectivity index (χ1v) is 11.6. The van der Waals surface area contributed by atoms with E-state index < -0.39 is 15.6 Å². The predicted octanol–water partition coefficient (Wildman–Crippen LogP) is 5.81. The van der Waals surface area contributed by atoms with Crippen LogP contribution in [0.3, 0.4) is 0 Å². The van der Waals surface area contributed by atoms with Crippen molar-refractivity contribution in [3.05, 3.63) is 157 Å². The van der Waals surface area contributed by atoms with Crippen LogP contribution < -0.4 is 0 Å². The number of pyridine rings is 1. The largest absolute Gasteiger partial charge is 0.313 e. The number of hydrogen-bond donors (Lipinski definition) is 0. The third-order valence-corrected chi connectivity index (χ3v) is 6.25. The second kappa shape index (κ2) is 9.90. The van der Waals surface area contributed by atoms with Crippen molar-refractivity contribution in [2.75, 3.05) is 0 Å². The van der Waals surface area contributed by atoms with E-state index in [1.54, 1.807) is 71.3 Å². The van der Waals surface area contributed by atoms with Gasteiger partial charge in [-0.15, -0.1) is 0 Å². The summed E-state index contributed by atoms with van der Waals surface area (Å²) in [6, 6.07) is 25.5. The highest BCUT2D eigenvalue weighted by Gasteiger charge is 2.26. The minimum Gasteiger partial charge on any atom is -0.313 e. The van der Waals surface area contributed by atoms with Gasteiger partial charge in [0, 0.05) is 35.5 Å². The SMILES string of the molecule is O=C(c1ccccc1)c1cc(C(=O)c2ccccc2[N+](=O)[O-])n2ccc(Cc3ccc([N+](=O)[O-])cc3)cc12. The maximum atomic E-state index is 13.5. The molecule has 0 aliphatic heterocycles. The molecule has 38 heavy (non-hydrogen) atoms. The lowest BCUT2D eigenvalue weighted by molar-refractivity contribution is -0.385. The quantitative estimate of drug-likeness (QED) is 0.149. The minimum absolute atomic E-state index is 0.00954. The van der Waals surface area contributed by atoms with Crippen molar-refractivity contribution in [1.29, 1.82) is 0 Å². The first-order chi connectivity index (χ1) is 18.3. The van der Waals surface area contributed by atoms with Gasteiger partial charge in [-0.1, -0.05) is 54.6 Å². The zero-order valence-corrected chi connectivity index (χ0v) is 19.8. The Bertz CT molecular complexity index is 1720. The molecule has 3 aromatic carbocycles. The van der Waals surface area contributed by atoms with Gasteiger partial charge in [0.2, 0.25) is 5.78 Å². The van der Waals surface area contributed by atoms with Crippen molar-refractivity contribution in [1.82, 2.24) is 4.40 Å². The summed E-state index contributed by atoms with van der Waals surface area (Å²) >= 11 is 0. The number of ketones is 2. The molecule has 0 N–H and O–H groups in total. The van der Waals surface area contributed by atoms with Crippen LogP contribution in [0.2, 0.25) is 0 Å². The molecule has 2 aromatic heterocycles.